The first kappa shape index (κ1) is 13.2. The van der Waals surface area contributed by atoms with Gasteiger partial charge >= 0.3 is 0 Å². The van der Waals surface area contributed by atoms with Crippen molar-refractivity contribution in [3.05, 3.63) is 35.6 Å². The standard InChI is InChI=1S/C15H19FO2/c1-11-4-2-7-14(8-11)18-10-15(17)12-5-3-6-13(16)9-12/h3,5-6,9,11,14H,2,4,7-8,10H2,1H3. The van der Waals surface area contributed by atoms with Gasteiger partial charge in [0.15, 0.2) is 5.78 Å². The first-order chi connectivity index (χ1) is 8.65. The van der Waals surface area contributed by atoms with E-state index >= 15 is 0 Å². The minimum Gasteiger partial charge on any atom is -0.370 e. The van der Waals surface area contributed by atoms with Crippen LogP contribution in [0.25, 0.3) is 0 Å². The Morgan fingerprint density at radius 1 is 1.44 bits per heavy atom. The summed E-state index contributed by atoms with van der Waals surface area (Å²) in [5, 5.41) is 0. The number of carbonyl (C=O) groups is 1. The van der Waals surface area contributed by atoms with Gasteiger partial charge in [-0.1, -0.05) is 31.9 Å². The lowest BCUT2D eigenvalue weighted by Crippen LogP contribution is -2.24. The molecule has 2 rings (SSSR count). The van der Waals surface area contributed by atoms with Crippen LogP contribution >= 0.6 is 0 Å². The Kier molecular flexibility index (Phi) is 4.48. The summed E-state index contributed by atoms with van der Waals surface area (Å²) in [6.07, 6.45) is 4.65. The molecule has 0 spiro atoms. The molecule has 3 heteroatoms. The molecule has 1 fully saturated rings. The minimum absolute atomic E-state index is 0.0564. The Bertz CT molecular complexity index is 417. The fourth-order valence-corrected chi connectivity index (χ4v) is 2.47. The van der Waals surface area contributed by atoms with Crippen molar-refractivity contribution in [2.45, 2.75) is 38.7 Å². The van der Waals surface area contributed by atoms with Crippen molar-refractivity contribution in [3.63, 3.8) is 0 Å². The normalized spacial score (nSPS) is 23.9. The molecular formula is C15H19FO2. The number of hydrogen-bond acceptors (Lipinski definition) is 2. The lowest BCUT2D eigenvalue weighted by Gasteiger charge is -2.26. The molecule has 0 saturated heterocycles. The third-order valence-electron chi connectivity index (χ3n) is 3.49. The lowest BCUT2D eigenvalue weighted by atomic mass is 9.89. The second-order valence-corrected chi connectivity index (χ2v) is 5.14. The highest BCUT2D eigenvalue weighted by Gasteiger charge is 2.20. The van der Waals surface area contributed by atoms with E-state index < -0.39 is 0 Å². The van der Waals surface area contributed by atoms with E-state index in [4.69, 9.17) is 4.74 Å². The Morgan fingerprint density at radius 3 is 3.00 bits per heavy atom. The van der Waals surface area contributed by atoms with Crippen LogP contribution in [0, 0.1) is 11.7 Å². The molecular weight excluding hydrogens is 231 g/mol. The maximum Gasteiger partial charge on any atom is 0.188 e. The first-order valence-corrected chi connectivity index (χ1v) is 6.55. The van der Waals surface area contributed by atoms with E-state index in [1.54, 1.807) is 12.1 Å². The van der Waals surface area contributed by atoms with Gasteiger partial charge in [-0.15, -0.1) is 0 Å². The highest BCUT2D eigenvalue weighted by atomic mass is 19.1. The number of rotatable bonds is 4. The molecule has 2 nitrogen and oxygen atoms in total. The highest BCUT2D eigenvalue weighted by molar-refractivity contribution is 5.97. The van der Waals surface area contributed by atoms with Crippen LogP contribution in [0.15, 0.2) is 24.3 Å². The van der Waals surface area contributed by atoms with Crippen LogP contribution in [-0.2, 0) is 4.74 Å². The van der Waals surface area contributed by atoms with Crippen LogP contribution in [0.5, 0.6) is 0 Å². The van der Waals surface area contributed by atoms with Gasteiger partial charge in [0.05, 0.1) is 6.10 Å². The van der Waals surface area contributed by atoms with Crippen LogP contribution in [-0.4, -0.2) is 18.5 Å². The van der Waals surface area contributed by atoms with Gasteiger partial charge in [0.25, 0.3) is 0 Å². The molecule has 18 heavy (non-hydrogen) atoms. The van der Waals surface area contributed by atoms with E-state index in [1.165, 1.54) is 25.0 Å². The van der Waals surface area contributed by atoms with Crippen LogP contribution in [0.2, 0.25) is 0 Å². The van der Waals surface area contributed by atoms with E-state index in [9.17, 15) is 9.18 Å². The Morgan fingerprint density at radius 2 is 2.28 bits per heavy atom. The average molecular weight is 250 g/mol. The molecule has 0 bridgehead atoms. The molecule has 1 saturated carbocycles. The maximum atomic E-state index is 13.0. The molecule has 0 heterocycles. The molecule has 98 valence electrons. The summed E-state index contributed by atoms with van der Waals surface area (Å²) in [6, 6.07) is 5.76. The molecule has 1 aromatic rings. The maximum absolute atomic E-state index is 13.0. The van der Waals surface area contributed by atoms with E-state index in [2.05, 4.69) is 6.92 Å². The number of ketones is 1. The second kappa shape index (κ2) is 6.10. The third kappa shape index (κ3) is 3.64. The van der Waals surface area contributed by atoms with Gasteiger partial charge in [-0.3, -0.25) is 4.79 Å². The second-order valence-electron chi connectivity index (χ2n) is 5.14. The Labute approximate surface area is 107 Å². The summed E-state index contributed by atoms with van der Waals surface area (Å²) in [5.74, 6) is 0.146. The van der Waals surface area contributed by atoms with Crippen molar-refractivity contribution >= 4 is 5.78 Å². The number of halogens is 1. The van der Waals surface area contributed by atoms with Gasteiger partial charge in [-0.25, -0.2) is 4.39 Å². The Balaban J connectivity index is 1.84. The van der Waals surface area contributed by atoms with E-state index in [0.717, 1.165) is 12.8 Å². The van der Waals surface area contributed by atoms with E-state index in [-0.39, 0.29) is 24.3 Å². The fourth-order valence-electron chi connectivity index (χ4n) is 2.47. The number of ether oxygens (including phenoxy) is 1. The zero-order valence-corrected chi connectivity index (χ0v) is 10.7. The molecule has 1 aliphatic rings. The largest absolute Gasteiger partial charge is 0.370 e. The van der Waals surface area contributed by atoms with Gasteiger partial charge in [0.2, 0.25) is 0 Å². The number of carbonyl (C=O) groups excluding carboxylic acids is 1. The molecule has 2 atom stereocenters. The highest BCUT2D eigenvalue weighted by Crippen LogP contribution is 2.25. The molecule has 0 N–H and O–H groups in total. The quantitative estimate of drug-likeness (QED) is 0.763. The summed E-state index contributed by atoms with van der Waals surface area (Å²) in [4.78, 5) is 11.8. The fraction of sp³-hybridized carbons (Fsp3) is 0.533. The zero-order chi connectivity index (χ0) is 13.0. The smallest absolute Gasteiger partial charge is 0.188 e. The van der Waals surface area contributed by atoms with Gasteiger partial charge in [-0.2, -0.15) is 0 Å². The van der Waals surface area contributed by atoms with Crippen molar-refractivity contribution in [2.24, 2.45) is 5.92 Å². The SMILES string of the molecule is CC1CCCC(OCC(=O)c2cccc(F)c2)C1. The first-order valence-electron chi connectivity index (χ1n) is 6.55. The number of benzene rings is 1. The summed E-state index contributed by atoms with van der Waals surface area (Å²) in [7, 11) is 0. The van der Waals surface area contributed by atoms with E-state index in [0.29, 0.717) is 11.5 Å². The molecule has 1 aromatic carbocycles. The Hall–Kier alpha value is -1.22. The molecule has 0 radical (unpaired) electrons. The van der Waals surface area contributed by atoms with Crippen LogP contribution < -0.4 is 0 Å². The van der Waals surface area contributed by atoms with Crippen LogP contribution in [0.1, 0.15) is 43.0 Å². The third-order valence-corrected chi connectivity index (χ3v) is 3.49. The average Bonchev–Trinajstić information content (AvgIpc) is 2.36. The van der Waals surface area contributed by atoms with Gasteiger partial charge in [-0.05, 0) is 30.9 Å². The predicted molar refractivity (Wildman–Crippen MR) is 68.1 cm³/mol. The summed E-state index contributed by atoms with van der Waals surface area (Å²) >= 11 is 0. The van der Waals surface area contributed by atoms with Gasteiger partial charge in [0, 0.05) is 5.56 Å². The van der Waals surface area contributed by atoms with Crippen LogP contribution in [0.3, 0.4) is 0 Å². The van der Waals surface area contributed by atoms with Crippen molar-refractivity contribution in [1.29, 1.82) is 0 Å². The number of Topliss-reactive ketones (excluding diaryl/α,β-unsaturated/α-hetero) is 1. The molecule has 0 aromatic heterocycles. The molecule has 1 aliphatic carbocycles. The molecule has 0 amide bonds. The zero-order valence-electron chi connectivity index (χ0n) is 10.7. The van der Waals surface area contributed by atoms with Crippen molar-refractivity contribution in [2.75, 3.05) is 6.61 Å². The lowest BCUT2D eigenvalue weighted by molar-refractivity contribution is 0.0182. The van der Waals surface area contributed by atoms with Gasteiger partial charge in [0.1, 0.15) is 12.4 Å². The summed E-state index contributed by atoms with van der Waals surface area (Å²) < 4.78 is 18.6. The topological polar surface area (TPSA) is 26.3 Å². The van der Waals surface area contributed by atoms with Crippen molar-refractivity contribution in [3.8, 4) is 0 Å². The predicted octanol–water partition coefficient (Wildman–Crippen LogP) is 3.60. The van der Waals surface area contributed by atoms with Crippen molar-refractivity contribution < 1.29 is 13.9 Å². The minimum atomic E-state index is -0.382. The van der Waals surface area contributed by atoms with Gasteiger partial charge < -0.3 is 4.74 Å². The monoisotopic (exact) mass is 250 g/mol. The van der Waals surface area contributed by atoms with Crippen molar-refractivity contribution in [1.82, 2.24) is 0 Å². The number of hydrogen-bond donors (Lipinski definition) is 0. The summed E-state index contributed by atoms with van der Waals surface area (Å²) in [5.41, 5.74) is 0.388. The summed E-state index contributed by atoms with van der Waals surface area (Å²) in [6.45, 7) is 2.27. The van der Waals surface area contributed by atoms with E-state index in [1.807, 2.05) is 0 Å². The van der Waals surface area contributed by atoms with Crippen LogP contribution in [0.4, 0.5) is 4.39 Å². The molecule has 0 aliphatic heterocycles. The molecule has 2 unspecified atom stereocenters.